The van der Waals surface area contributed by atoms with Crippen molar-refractivity contribution in [2.75, 3.05) is 6.54 Å². The molecule has 94 valence electrons. The highest BCUT2D eigenvalue weighted by atomic mass is 19.1. The molecule has 0 aliphatic heterocycles. The van der Waals surface area contributed by atoms with E-state index in [9.17, 15) is 9.18 Å². The summed E-state index contributed by atoms with van der Waals surface area (Å²) in [6, 6.07) is 6.34. The zero-order valence-corrected chi connectivity index (χ0v) is 10.5. The molecule has 0 bridgehead atoms. The molecular formula is C14H15FN2O. The number of nitrogens with zero attached hydrogens (tertiary/aromatic N) is 1. The summed E-state index contributed by atoms with van der Waals surface area (Å²) in [4.78, 5) is 16.2. The molecule has 0 fully saturated rings. The van der Waals surface area contributed by atoms with Crippen molar-refractivity contribution in [3.63, 3.8) is 0 Å². The van der Waals surface area contributed by atoms with Crippen LogP contribution in [0.1, 0.15) is 29.4 Å². The van der Waals surface area contributed by atoms with E-state index in [0.29, 0.717) is 23.2 Å². The minimum Gasteiger partial charge on any atom is -0.352 e. The van der Waals surface area contributed by atoms with Crippen LogP contribution in [-0.4, -0.2) is 17.4 Å². The second-order valence-electron chi connectivity index (χ2n) is 4.20. The standard InChI is InChI=1S/C14H15FN2O/c1-3-7-16-14(18)11-8-9(2)17-13-10(11)5-4-6-12(13)15/h4-6,8H,3,7H2,1-2H3,(H,16,18). The molecule has 0 saturated carbocycles. The second kappa shape index (κ2) is 5.12. The number of pyridine rings is 1. The van der Waals surface area contributed by atoms with Crippen molar-refractivity contribution in [1.82, 2.24) is 10.3 Å². The van der Waals surface area contributed by atoms with Gasteiger partial charge in [0.2, 0.25) is 0 Å². The Morgan fingerprint density at radius 2 is 2.22 bits per heavy atom. The first-order valence-electron chi connectivity index (χ1n) is 5.97. The molecule has 18 heavy (non-hydrogen) atoms. The molecule has 2 rings (SSSR count). The van der Waals surface area contributed by atoms with E-state index in [1.807, 2.05) is 6.92 Å². The number of benzene rings is 1. The van der Waals surface area contributed by atoms with Crippen LogP contribution in [0.4, 0.5) is 4.39 Å². The summed E-state index contributed by atoms with van der Waals surface area (Å²) >= 11 is 0. The Morgan fingerprint density at radius 3 is 2.94 bits per heavy atom. The van der Waals surface area contributed by atoms with Crippen LogP contribution in [0, 0.1) is 12.7 Å². The molecule has 1 aromatic carbocycles. The van der Waals surface area contributed by atoms with Crippen molar-refractivity contribution in [2.24, 2.45) is 0 Å². The van der Waals surface area contributed by atoms with Crippen LogP contribution in [-0.2, 0) is 0 Å². The molecule has 0 saturated heterocycles. The number of rotatable bonds is 3. The van der Waals surface area contributed by atoms with Crippen LogP contribution in [0.3, 0.4) is 0 Å². The third-order valence-corrected chi connectivity index (χ3v) is 2.70. The van der Waals surface area contributed by atoms with E-state index in [4.69, 9.17) is 0 Å². The predicted octanol–water partition coefficient (Wildman–Crippen LogP) is 2.82. The fraction of sp³-hybridized carbons (Fsp3) is 0.286. The lowest BCUT2D eigenvalue weighted by molar-refractivity contribution is 0.0955. The van der Waals surface area contributed by atoms with Gasteiger partial charge in [0.05, 0.1) is 5.56 Å². The minimum atomic E-state index is -0.402. The number of carbonyl (C=O) groups excluding carboxylic acids is 1. The van der Waals surface area contributed by atoms with Crippen molar-refractivity contribution < 1.29 is 9.18 Å². The number of carbonyl (C=O) groups is 1. The number of hydrogen-bond acceptors (Lipinski definition) is 2. The van der Waals surface area contributed by atoms with Crippen LogP contribution in [0.25, 0.3) is 10.9 Å². The SMILES string of the molecule is CCCNC(=O)c1cc(C)nc2c(F)cccc12. The fourth-order valence-corrected chi connectivity index (χ4v) is 1.86. The number of nitrogens with one attached hydrogen (secondary N) is 1. The number of fused-ring (bicyclic) bond motifs is 1. The summed E-state index contributed by atoms with van der Waals surface area (Å²) in [5.41, 5.74) is 1.36. The normalized spacial score (nSPS) is 10.6. The van der Waals surface area contributed by atoms with E-state index >= 15 is 0 Å². The van der Waals surface area contributed by atoms with E-state index in [1.165, 1.54) is 6.07 Å². The summed E-state index contributed by atoms with van der Waals surface area (Å²) in [6.07, 6.45) is 0.863. The van der Waals surface area contributed by atoms with Gasteiger partial charge in [-0.25, -0.2) is 9.37 Å². The Balaban J connectivity index is 2.56. The first-order valence-corrected chi connectivity index (χ1v) is 5.97. The first kappa shape index (κ1) is 12.5. The van der Waals surface area contributed by atoms with Crippen LogP contribution in [0.2, 0.25) is 0 Å². The number of amides is 1. The van der Waals surface area contributed by atoms with Gasteiger partial charge < -0.3 is 5.32 Å². The van der Waals surface area contributed by atoms with Gasteiger partial charge in [0.15, 0.2) is 0 Å². The molecule has 1 amide bonds. The number of aryl methyl sites for hydroxylation is 1. The van der Waals surface area contributed by atoms with Gasteiger partial charge in [0.1, 0.15) is 11.3 Å². The largest absolute Gasteiger partial charge is 0.352 e. The average Bonchev–Trinajstić information content (AvgIpc) is 2.36. The Bertz CT molecular complexity index is 596. The fourth-order valence-electron chi connectivity index (χ4n) is 1.86. The number of halogens is 1. The lowest BCUT2D eigenvalue weighted by atomic mass is 10.1. The second-order valence-corrected chi connectivity index (χ2v) is 4.20. The Hall–Kier alpha value is -1.97. The molecule has 4 heteroatoms. The molecule has 0 atom stereocenters. The zero-order valence-electron chi connectivity index (χ0n) is 10.5. The third kappa shape index (κ3) is 2.32. The molecule has 0 aliphatic rings. The van der Waals surface area contributed by atoms with Gasteiger partial charge in [-0.05, 0) is 25.5 Å². The van der Waals surface area contributed by atoms with E-state index in [1.54, 1.807) is 25.1 Å². The number of aromatic nitrogens is 1. The zero-order chi connectivity index (χ0) is 13.1. The number of para-hydroxylation sites is 1. The predicted molar refractivity (Wildman–Crippen MR) is 69.1 cm³/mol. The monoisotopic (exact) mass is 246 g/mol. The Labute approximate surface area is 105 Å². The molecule has 0 aliphatic carbocycles. The quantitative estimate of drug-likeness (QED) is 0.904. The van der Waals surface area contributed by atoms with Crippen LogP contribution >= 0.6 is 0 Å². The summed E-state index contributed by atoms with van der Waals surface area (Å²) in [5.74, 6) is -0.585. The highest BCUT2D eigenvalue weighted by Gasteiger charge is 2.13. The minimum absolute atomic E-state index is 0.182. The van der Waals surface area contributed by atoms with Gasteiger partial charge in [-0.3, -0.25) is 4.79 Å². The maximum atomic E-state index is 13.7. The van der Waals surface area contributed by atoms with Crippen LogP contribution < -0.4 is 5.32 Å². The first-order chi connectivity index (χ1) is 8.63. The summed E-state index contributed by atoms with van der Waals surface area (Å²) in [5, 5.41) is 3.35. The van der Waals surface area contributed by atoms with Gasteiger partial charge in [-0.1, -0.05) is 19.1 Å². The maximum absolute atomic E-state index is 13.7. The van der Waals surface area contributed by atoms with Crippen molar-refractivity contribution in [3.8, 4) is 0 Å². The molecule has 0 unspecified atom stereocenters. The summed E-state index contributed by atoms with van der Waals surface area (Å²) in [7, 11) is 0. The van der Waals surface area contributed by atoms with E-state index < -0.39 is 5.82 Å². The van der Waals surface area contributed by atoms with E-state index in [-0.39, 0.29) is 11.4 Å². The van der Waals surface area contributed by atoms with Crippen molar-refractivity contribution in [3.05, 3.63) is 41.3 Å². The Morgan fingerprint density at radius 1 is 1.44 bits per heavy atom. The van der Waals surface area contributed by atoms with Gasteiger partial charge in [0.25, 0.3) is 5.91 Å². The molecule has 3 nitrogen and oxygen atoms in total. The van der Waals surface area contributed by atoms with Crippen LogP contribution in [0.5, 0.6) is 0 Å². The van der Waals surface area contributed by atoms with Gasteiger partial charge in [-0.2, -0.15) is 0 Å². The summed E-state index contributed by atoms with van der Waals surface area (Å²) in [6.45, 7) is 4.34. The lowest BCUT2D eigenvalue weighted by Crippen LogP contribution is -2.24. The van der Waals surface area contributed by atoms with Crippen molar-refractivity contribution in [2.45, 2.75) is 20.3 Å². The van der Waals surface area contributed by atoms with Gasteiger partial charge in [0, 0.05) is 17.6 Å². The smallest absolute Gasteiger partial charge is 0.252 e. The summed E-state index contributed by atoms with van der Waals surface area (Å²) < 4.78 is 13.7. The third-order valence-electron chi connectivity index (χ3n) is 2.70. The molecule has 1 heterocycles. The highest BCUT2D eigenvalue weighted by molar-refractivity contribution is 6.06. The van der Waals surface area contributed by atoms with Gasteiger partial charge in [-0.15, -0.1) is 0 Å². The number of hydrogen-bond donors (Lipinski definition) is 1. The molecule has 1 aromatic heterocycles. The molecule has 0 radical (unpaired) electrons. The van der Waals surface area contributed by atoms with E-state index in [2.05, 4.69) is 10.3 Å². The van der Waals surface area contributed by atoms with Crippen molar-refractivity contribution >= 4 is 16.8 Å². The van der Waals surface area contributed by atoms with E-state index in [0.717, 1.165) is 6.42 Å². The average molecular weight is 246 g/mol. The van der Waals surface area contributed by atoms with Crippen molar-refractivity contribution in [1.29, 1.82) is 0 Å². The van der Waals surface area contributed by atoms with Crippen LogP contribution in [0.15, 0.2) is 24.3 Å². The topological polar surface area (TPSA) is 42.0 Å². The highest BCUT2D eigenvalue weighted by Crippen LogP contribution is 2.20. The maximum Gasteiger partial charge on any atom is 0.252 e. The lowest BCUT2D eigenvalue weighted by Gasteiger charge is -2.08. The van der Waals surface area contributed by atoms with Gasteiger partial charge >= 0.3 is 0 Å². The molecule has 2 aromatic rings. The Kier molecular flexibility index (Phi) is 3.55. The molecule has 0 spiro atoms. The molecule has 1 N–H and O–H groups in total. The molecular weight excluding hydrogens is 231 g/mol.